The molecule has 0 aliphatic carbocycles. The molecule has 8 heteroatoms. The van der Waals surface area contributed by atoms with Gasteiger partial charge in [-0.2, -0.15) is 0 Å². The predicted molar refractivity (Wildman–Crippen MR) is 133 cm³/mol. The van der Waals surface area contributed by atoms with E-state index in [-0.39, 0.29) is 11.9 Å². The van der Waals surface area contributed by atoms with E-state index in [1.807, 2.05) is 58.0 Å². The van der Waals surface area contributed by atoms with Crippen LogP contribution in [0.1, 0.15) is 49.3 Å². The molecule has 0 saturated heterocycles. The summed E-state index contributed by atoms with van der Waals surface area (Å²) in [5, 5.41) is 13.1. The SMILES string of the molecule is Cc1cccc(-c2c(-c3ccnc(Cl)c3)cc3n2C(CCN(C(=O)O)C(C)(C)C)CNC3=O)c1. The van der Waals surface area contributed by atoms with Gasteiger partial charge in [-0.15, -0.1) is 0 Å². The summed E-state index contributed by atoms with van der Waals surface area (Å²) in [4.78, 5) is 30.4. The molecule has 2 aromatic heterocycles. The quantitative estimate of drug-likeness (QED) is 0.463. The Morgan fingerprint density at radius 2 is 2.00 bits per heavy atom. The molecule has 1 unspecified atom stereocenters. The van der Waals surface area contributed by atoms with Crippen LogP contribution in [0.2, 0.25) is 5.15 Å². The number of halogens is 1. The van der Waals surface area contributed by atoms with E-state index in [0.29, 0.717) is 30.4 Å². The number of benzene rings is 1. The fourth-order valence-electron chi connectivity index (χ4n) is 4.58. The number of carbonyl (C=O) groups is 2. The molecule has 0 saturated carbocycles. The summed E-state index contributed by atoms with van der Waals surface area (Å²) in [5.74, 6) is -0.150. The topological polar surface area (TPSA) is 87.5 Å². The lowest BCUT2D eigenvalue weighted by Crippen LogP contribution is -2.47. The molecule has 0 radical (unpaired) electrons. The molecule has 0 spiro atoms. The number of nitrogens with zero attached hydrogens (tertiary/aromatic N) is 3. The monoisotopic (exact) mass is 480 g/mol. The molecule has 7 nitrogen and oxygen atoms in total. The molecule has 3 aromatic rings. The zero-order valence-electron chi connectivity index (χ0n) is 19.8. The molecule has 0 bridgehead atoms. The first kappa shape index (κ1) is 23.8. The van der Waals surface area contributed by atoms with E-state index >= 15 is 0 Å². The van der Waals surface area contributed by atoms with Crippen LogP contribution in [0.25, 0.3) is 22.4 Å². The first-order chi connectivity index (χ1) is 16.1. The van der Waals surface area contributed by atoms with Crippen LogP contribution in [0.5, 0.6) is 0 Å². The minimum atomic E-state index is -0.953. The molecular weight excluding hydrogens is 452 g/mol. The van der Waals surface area contributed by atoms with Crippen LogP contribution >= 0.6 is 11.6 Å². The van der Waals surface area contributed by atoms with Crippen molar-refractivity contribution >= 4 is 23.6 Å². The zero-order chi connectivity index (χ0) is 24.6. The Bertz CT molecular complexity index is 1250. The minimum Gasteiger partial charge on any atom is -0.465 e. The Morgan fingerprint density at radius 3 is 2.65 bits per heavy atom. The first-order valence-corrected chi connectivity index (χ1v) is 11.7. The number of rotatable bonds is 5. The number of fused-ring (bicyclic) bond motifs is 1. The van der Waals surface area contributed by atoms with Gasteiger partial charge in [0.1, 0.15) is 10.8 Å². The molecule has 1 aliphatic rings. The van der Waals surface area contributed by atoms with Crippen LogP contribution in [-0.4, -0.2) is 50.2 Å². The van der Waals surface area contributed by atoms with Gasteiger partial charge in [-0.3, -0.25) is 4.79 Å². The lowest BCUT2D eigenvalue weighted by Gasteiger charge is -2.36. The number of carboxylic acid groups (broad SMARTS) is 1. The van der Waals surface area contributed by atoms with Gasteiger partial charge in [0.2, 0.25) is 0 Å². The number of hydrogen-bond acceptors (Lipinski definition) is 3. The molecule has 34 heavy (non-hydrogen) atoms. The molecular formula is C26H29ClN4O3. The van der Waals surface area contributed by atoms with Gasteiger partial charge in [0.05, 0.1) is 11.7 Å². The summed E-state index contributed by atoms with van der Waals surface area (Å²) in [7, 11) is 0. The standard InChI is InChI=1S/C26H29ClN4O3/c1-16-6-5-7-18(12-16)23-20(17-8-10-28-22(27)13-17)14-21-24(32)29-15-19(31(21)23)9-11-30(25(33)34)26(2,3)4/h5-8,10,12-14,19H,9,11,15H2,1-4H3,(H,29,32)(H,33,34). The maximum atomic E-state index is 12.9. The van der Waals surface area contributed by atoms with Crippen molar-refractivity contribution in [1.29, 1.82) is 0 Å². The largest absolute Gasteiger partial charge is 0.465 e. The zero-order valence-corrected chi connectivity index (χ0v) is 20.6. The van der Waals surface area contributed by atoms with E-state index in [0.717, 1.165) is 27.9 Å². The second kappa shape index (κ2) is 9.14. The second-order valence-corrected chi connectivity index (χ2v) is 10.0. The van der Waals surface area contributed by atoms with Crippen molar-refractivity contribution in [3.05, 3.63) is 65.1 Å². The van der Waals surface area contributed by atoms with Crippen LogP contribution in [0.3, 0.4) is 0 Å². The van der Waals surface area contributed by atoms with Crippen molar-refractivity contribution in [3.63, 3.8) is 0 Å². The minimum absolute atomic E-state index is 0.113. The van der Waals surface area contributed by atoms with E-state index in [9.17, 15) is 14.7 Å². The van der Waals surface area contributed by atoms with Crippen molar-refractivity contribution < 1.29 is 14.7 Å². The van der Waals surface area contributed by atoms with E-state index in [1.165, 1.54) is 4.90 Å². The number of aryl methyl sites for hydroxylation is 1. The number of aromatic nitrogens is 2. The van der Waals surface area contributed by atoms with Crippen molar-refractivity contribution in [3.8, 4) is 22.4 Å². The van der Waals surface area contributed by atoms with E-state index in [4.69, 9.17) is 11.6 Å². The molecule has 178 valence electrons. The second-order valence-electron chi connectivity index (χ2n) is 9.66. The van der Waals surface area contributed by atoms with E-state index < -0.39 is 11.6 Å². The van der Waals surface area contributed by atoms with Gasteiger partial charge in [-0.25, -0.2) is 9.78 Å². The number of pyridine rings is 1. The van der Waals surface area contributed by atoms with Crippen molar-refractivity contribution in [1.82, 2.24) is 19.8 Å². The first-order valence-electron chi connectivity index (χ1n) is 11.3. The fourth-order valence-corrected chi connectivity index (χ4v) is 4.75. The van der Waals surface area contributed by atoms with Crippen molar-refractivity contribution in [2.75, 3.05) is 13.1 Å². The number of hydrogen-bond donors (Lipinski definition) is 2. The van der Waals surface area contributed by atoms with Crippen LogP contribution in [0, 0.1) is 6.92 Å². The third-order valence-corrected chi connectivity index (χ3v) is 6.40. The Hall–Kier alpha value is -3.32. The molecule has 4 rings (SSSR count). The number of carbonyl (C=O) groups excluding carboxylic acids is 1. The maximum absolute atomic E-state index is 12.9. The van der Waals surface area contributed by atoms with Crippen LogP contribution in [0.4, 0.5) is 4.79 Å². The summed E-state index contributed by atoms with van der Waals surface area (Å²) in [5.41, 5.74) is 4.78. The van der Waals surface area contributed by atoms with Gasteiger partial charge in [0.25, 0.3) is 5.91 Å². The molecule has 2 amide bonds. The van der Waals surface area contributed by atoms with Crippen LogP contribution < -0.4 is 5.32 Å². The highest BCUT2D eigenvalue weighted by atomic mass is 35.5. The third kappa shape index (κ3) is 4.66. The Labute approximate surface area is 204 Å². The van der Waals surface area contributed by atoms with Gasteiger partial charge < -0.3 is 19.9 Å². The average Bonchev–Trinajstić information content (AvgIpc) is 3.16. The summed E-state index contributed by atoms with van der Waals surface area (Å²) in [6, 6.07) is 13.6. The number of nitrogens with one attached hydrogen (secondary N) is 1. The Balaban J connectivity index is 1.86. The average molecular weight is 481 g/mol. The van der Waals surface area contributed by atoms with Gasteiger partial charge in [-0.05, 0) is 69.5 Å². The Kier molecular flexibility index (Phi) is 6.41. The molecule has 1 aromatic carbocycles. The van der Waals surface area contributed by atoms with Crippen LogP contribution in [-0.2, 0) is 0 Å². The third-order valence-electron chi connectivity index (χ3n) is 6.19. The lowest BCUT2D eigenvalue weighted by atomic mass is 10.00. The maximum Gasteiger partial charge on any atom is 0.407 e. The molecule has 0 fully saturated rings. The van der Waals surface area contributed by atoms with E-state index in [1.54, 1.807) is 12.3 Å². The van der Waals surface area contributed by atoms with Gasteiger partial charge in [0.15, 0.2) is 0 Å². The highest BCUT2D eigenvalue weighted by Crippen LogP contribution is 2.40. The summed E-state index contributed by atoms with van der Waals surface area (Å²) < 4.78 is 2.07. The summed E-state index contributed by atoms with van der Waals surface area (Å²) >= 11 is 6.20. The highest BCUT2D eigenvalue weighted by Gasteiger charge is 2.33. The molecule has 2 N–H and O–H groups in total. The van der Waals surface area contributed by atoms with E-state index in [2.05, 4.69) is 20.9 Å². The predicted octanol–water partition coefficient (Wildman–Crippen LogP) is 5.63. The molecule has 1 aliphatic heterocycles. The van der Waals surface area contributed by atoms with Gasteiger partial charge >= 0.3 is 6.09 Å². The van der Waals surface area contributed by atoms with Gasteiger partial charge in [0, 0.05) is 30.4 Å². The number of amides is 2. The van der Waals surface area contributed by atoms with Crippen LogP contribution in [0.15, 0.2) is 48.7 Å². The summed E-state index contributed by atoms with van der Waals surface area (Å²) in [6.07, 6.45) is 1.26. The molecule has 1 atom stereocenters. The van der Waals surface area contributed by atoms with Crippen molar-refractivity contribution in [2.24, 2.45) is 0 Å². The molecule has 3 heterocycles. The Morgan fingerprint density at radius 1 is 1.24 bits per heavy atom. The summed E-state index contributed by atoms with van der Waals surface area (Å²) in [6.45, 7) is 8.45. The lowest BCUT2D eigenvalue weighted by molar-refractivity contribution is 0.0868. The highest BCUT2D eigenvalue weighted by molar-refractivity contribution is 6.29. The van der Waals surface area contributed by atoms with Crippen molar-refractivity contribution in [2.45, 2.75) is 45.7 Å². The smallest absolute Gasteiger partial charge is 0.407 e. The fraction of sp³-hybridized carbons (Fsp3) is 0.346. The van der Waals surface area contributed by atoms with Gasteiger partial charge in [-0.1, -0.05) is 35.4 Å². The normalized spacial score (nSPS) is 15.6.